The summed E-state index contributed by atoms with van der Waals surface area (Å²) >= 11 is 4.60. The fourth-order valence-corrected chi connectivity index (χ4v) is 2.98. The lowest BCUT2D eigenvalue weighted by atomic mass is 10.0. The zero-order chi connectivity index (χ0) is 13.3. The Hall–Kier alpha value is -0.780. The van der Waals surface area contributed by atoms with E-state index in [0.29, 0.717) is 0 Å². The average Bonchev–Trinajstić information content (AvgIpc) is 2.76. The summed E-state index contributed by atoms with van der Waals surface area (Å²) in [5.74, 6) is -1.13. The number of hydrogen-bond donors (Lipinski definition) is 1. The maximum absolute atomic E-state index is 13.8. The Morgan fingerprint density at radius 3 is 2.61 bits per heavy atom. The van der Waals surface area contributed by atoms with E-state index in [0.717, 1.165) is 9.75 Å². The second kappa shape index (κ2) is 5.47. The number of halogens is 3. The minimum atomic E-state index is -0.571. The van der Waals surface area contributed by atoms with Crippen LogP contribution in [0.5, 0.6) is 0 Å². The molecule has 0 aliphatic heterocycles. The van der Waals surface area contributed by atoms with Gasteiger partial charge in [0, 0.05) is 21.4 Å². The molecule has 0 fully saturated rings. The zero-order valence-corrected chi connectivity index (χ0v) is 12.1. The monoisotopic (exact) mass is 331 g/mol. The molecule has 2 rings (SSSR count). The van der Waals surface area contributed by atoms with Crippen molar-refractivity contribution >= 4 is 27.3 Å². The molecule has 18 heavy (non-hydrogen) atoms. The van der Waals surface area contributed by atoms with E-state index in [9.17, 15) is 8.78 Å². The molecule has 1 aromatic heterocycles. The van der Waals surface area contributed by atoms with Crippen LogP contribution in [0.3, 0.4) is 0 Å². The van der Waals surface area contributed by atoms with Crippen LogP contribution < -0.4 is 5.73 Å². The van der Waals surface area contributed by atoms with Gasteiger partial charge >= 0.3 is 0 Å². The van der Waals surface area contributed by atoms with Gasteiger partial charge in [-0.05, 0) is 53.5 Å². The summed E-state index contributed by atoms with van der Waals surface area (Å²) in [6.45, 7) is 1.97. The summed E-state index contributed by atoms with van der Waals surface area (Å²) in [6, 6.07) is 6.07. The average molecular weight is 332 g/mol. The maximum atomic E-state index is 13.8. The van der Waals surface area contributed by atoms with Gasteiger partial charge in [0.2, 0.25) is 0 Å². The van der Waals surface area contributed by atoms with Crippen molar-refractivity contribution in [2.45, 2.75) is 19.4 Å². The number of rotatable bonds is 3. The molecule has 5 heteroatoms. The van der Waals surface area contributed by atoms with Gasteiger partial charge in [0.05, 0.1) is 4.47 Å². The lowest BCUT2D eigenvalue weighted by Gasteiger charge is -2.12. The van der Waals surface area contributed by atoms with E-state index in [1.807, 2.05) is 19.1 Å². The van der Waals surface area contributed by atoms with E-state index in [-0.39, 0.29) is 22.5 Å². The molecule has 1 aromatic carbocycles. The van der Waals surface area contributed by atoms with Crippen LogP contribution in [0.25, 0.3) is 0 Å². The van der Waals surface area contributed by atoms with E-state index in [2.05, 4.69) is 15.9 Å². The molecule has 0 spiro atoms. The molecule has 0 aliphatic rings. The van der Waals surface area contributed by atoms with Crippen LogP contribution in [0.4, 0.5) is 8.78 Å². The summed E-state index contributed by atoms with van der Waals surface area (Å²) in [5, 5.41) is 0. The van der Waals surface area contributed by atoms with Crippen molar-refractivity contribution in [3.05, 3.63) is 55.7 Å². The van der Waals surface area contributed by atoms with E-state index in [1.165, 1.54) is 12.1 Å². The Morgan fingerprint density at radius 1 is 1.28 bits per heavy atom. The number of hydrogen-bond acceptors (Lipinski definition) is 2. The molecule has 0 amide bonds. The van der Waals surface area contributed by atoms with Crippen molar-refractivity contribution in [3.8, 4) is 0 Å². The van der Waals surface area contributed by atoms with Crippen LogP contribution in [0.15, 0.2) is 28.7 Å². The summed E-state index contributed by atoms with van der Waals surface area (Å²) in [6.07, 6.45) is 0.150. The lowest BCUT2D eigenvalue weighted by Crippen LogP contribution is -2.14. The molecule has 0 bridgehead atoms. The summed E-state index contributed by atoms with van der Waals surface area (Å²) in [4.78, 5) is 2.07. The third-order valence-electron chi connectivity index (χ3n) is 2.69. The second-order valence-corrected chi connectivity index (χ2v) is 6.25. The summed E-state index contributed by atoms with van der Waals surface area (Å²) in [5.41, 5.74) is 6.02. The Bertz CT molecular complexity index is 568. The second-order valence-electron chi connectivity index (χ2n) is 4.08. The van der Waals surface area contributed by atoms with Crippen LogP contribution in [0.1, 0.15) is 21.4 Å². The van der Waals surface area contributed by atoms with Crippen molar-refractivity contribution in [1.82, 2.24) is 0 Å². The first kappa shape index (κ1) is 13.6. The van der Waals surface area contributed by atoms with Crippen molar-refractivity contribution < 1.29 is 8.78 Å². The fraction of sp³-hybridized carbons (Fsp3) is 0.231. The van der Waals surface area contributed by atoms with Crippen molar-refractivity contribution in [1.29, 1.82) is 0 Å². The quantitative estimate of drug-likeness (QED) is 0.832. The van der Waals surface area contributed by atoms with E-state index < -0.39 is 11.6 Å². The standard InChI is InChI=1S/C13H12BrF2NS/c1-7-2-5-12(18-7)11(17)6-8-10(15)4-3-9(14)13(8)16/h2-5,11H,6,17H2,1H3. The molecule has 1 heterocycles. The minimum Gasteiger partial charge on any atom is -0.323 e. The highest BCUT2D eigenvalue weighted by atomic mass is 79.9. The molecule has 1 nitrogen and oxygen atoms in total. The van der Waals surface area contributed by atoms with Crippen LogP contribution in [-0.2, 0) is 6.42 Å². The lowest BCUT2D eigenvalue weighted by molar-refractivity contribution is 0.537. The minimum absolute atomic E-state index is 0.0305. The highest BCUT2D eigenvalue weighted by Crippen LogP contribution is 2.28. The molecule has 0 saturated heterocycles. The van der Waals surface area contributed by atoms with Gasteiger partial charge in [0.25, 0.3) is 0 Å². The number of benzene rings is 1. The van der Waals surface area contributed by atoms with Gasteiger partial charge in [-0.3, -0.25) is 0 Å². The van der Waals surface area contributed by atoms with Crippen molar-refractivity contribution in [2.75, 3.05) is 0 Å². The van der Waals surface area contributed by atoms with E-state index >= 15 is 0 Å². The van der Waals surface area contributed by atoms with Gasteiger partial charge in [0.1, 0.15) is 11.6 Å². The third kappa shape index (κ3) is 2.79. The van der Waals surface area contributed by atoms with Gasteiger partial charge in [0.15, 0.2) is 0 Å². The molecular weight excluding hydrogens is 320 g/mol. The predicted molar refractivity (Wildman–Crippen MR) is 73.7 cm³/mol. The molecular formula is C13H12BrF2NS. The Morgan fingerprint density at radius 2 is 2.00 bits per heavy atom. The molecule has 0 saturated carbocycles. The fourth-order valence-electron chi connectivity index (χ4n) is 1.73. The smallest absolute Gasteiger partial charge is 0.143 e. The summed E-state index contributed by atoms with van der Waals surface area (Å²) in [7, 11) is 0. The van der Waals surface area contributed by atoms with Crippen molar-refractivity contribution in [2.24, 2.45) is 5.73 Å². The Kier molecular flexibility index (Phi) is 4.14. The van der Waals surface area contributed by atoms with Crippen LogP contribution >= 0.6 is 27.3 Å². The number of thiophene rings is 1. The molecule has 1 atom stereocenters. The van der Waals surface area contributed by atoms with Crippen LogP contribution in [-0.4, -0.2) is 0 Å². The highest BCUT2D eigenvalue weighted by molar-refractivity contribution is 9.10. The Labute approximate surface area is 117 Å². The number of aryl methyl sites for hydroxylation is 1. The molecule has 96 valence electrons. The van der Waals surface area contributed by atoms with Gasteiger partial charge in [-0.1, -0.05) is 0 Å². The highest BCUT2D eigenvalue weighted by Gasteiger charge is 2.17. The maximum Gasteiger partial charge on any atom is 0.143 e. The van der Waals surface area contributed by atoms with Gasteiger partial charge in [-0.2, -0.15) is 0 Å². The van der Waals surface area contributed by atoms with E-state index in [4.69, 9.17) is 5.73 Å². The largest absolute Gasteiger partial charge is 0.323 e. The van der Waals surface area contributed by atoms with Crippen LogP contribution in [0, 0.1) is 18.6 Å². The van der Waals surface area contributed by atoms with E-state index in [1.54, 1.807) is 11.3 Å². The third-order valence-corrected chi connectivity index (χ3v) is 4.43. The molecule has 1 unspecified atom stereocenters. The SMILES string of the molecule is Cc1ccc(C(N)Cc2c(F)ccc(Br)c2F)s1. The first-order valence-electron chi connectivity index (χ1n) is 5.43. The first-order valence-corrected chi connectivity index (χ1v) is 7.04. The van der Waals surface area contributed by atoms with Gasteiger partial charge in [-0.15, -0.1) is 11.3 Å². The van der Waals surface area contributed by atoms with Crippen LogP contribution in [0.2, 0.25) is 0 Å². The molecule has 2 N–H and O–H groups in total. The molecule has 2 aromatic rings. The zero-order valence-electron chi connectivity index (χ0n) is 9.71. The molecule has 0 aliphatic carbocycles. The molecule has 0 radical (unpaired) electrons. The number of nitrogens with two attached hydrogens (primary N) is 1. The first-order chi connectivity index (χ1) is 8.49. The summed E-state index contributed by atoms with van der Waals surface area (Å²) < 4.78 is 27.7. The normalized spacial score (nSPS) is 12.7. The Balaban J connectivity index is 2.27. The van der Waals surface area contributed by atoms with Gasteiger partial charge < -0.3 is 5.73 Å². The predicted octanol–water partition coefficient (Wildman–Crippen LogP) is 4.34. The van der Waals surface area contributed by atoms with Gasteiger partial charge in [-0.25, -0.2) is 8.78 Å². The van der Waals surface area contributed by atoms with Crippen molar-refractivity contribution in [3.63, 3.8) is 0 Å². The topological polar surface area (TPSA) is 26.0 Å².